The van der Waals surface area contributed by atoms with Crippen LogP contribution in [0.1, 0.15) is 222 Å². The van der Waals surface area contributed by atoms with Crippen LogP contribution in [0.2, 0.25) is 0 Å². The molecular weight excluding hydrogens is 384 g/mol. The lowest BCUT2D eigenvalue weighted by molar-refractivity contribution is 1.50. The molecule has 0 bridgehead atoms. The molecule has 0 amide bonds. The van der Waals surface area contributed by atoms with Crippen molar-refractivity contribution in [3.63, 3.8) is 0 Å². The third-order valence-electron chi connectivity index (χ3n) is 0. The van der Waals surface area contributed by atoms with E-state index in [-0.39, 0.29) is 0 Å². The van der Waals surface area contributed by atoms with Crippen LogP contribution in [0, 0.1) is 0 Å². The van der Waals surface area contributed by atoms with Crippen molar-refractivity contribution >= 4 is 0 Å². The summed E-state index contributed by atoms with van der Waals surface area (Å²) in [5.74, 6) is 0. The van der Waals surface area contributed by atoms with Gasteiger partial charge in [-0.3, -0.25) is 0 Å². The predicted molar refractivity (Wildman–Crippen MR) is 182 cm³/mol. The van der Waals surface area contributed by atoms with Gasteiger partial charge in [0.2, 0.25) is 0 Å². The molecule has 0 atom stereocenters. The molecule has 0 spiro atoms. The first-order valence-corrected chi connectivity index (χ1v) is 16.0. The fraction of sp³-hybridized carbons (Fsp3) is 1.00. The molecule has 0 radical (unpaired) electrons. The molecule has 0 N–H and O–H groups in total. The molecule has 0 aromatic rings. The van der Waals surface area contributed by atoms with Crippen LogP contribution in [0.25, 0.3) is 0 Å². The van der Waals surface area contributed by atoms with Gasteiger partial charge in [0.15, 0.2) is 0 Å². The van der Waals surface area contributed by atoms with Crippen molar-refractivity contribution in [1.29, 1.82) is 0 Å². The van der Waals surface area contributed by atoms with Gasteiger partial charge in [-0.25, -0.2) is 0 Å². The van der Waals surface area contributed by atoms with Crippen molar-refractivity contribution in [3.05, 3.63) is 0 Å². The fourth-order valence-corrected chi connectivity index (χ4v) is 0. The van der Waals surface area contributed by atoms with Crippen molar-refractivity contribution in [2.75, 3.05) is 0 Å². The van der Waals surface area contributed by atoms with E-state index in [1.165, 1.54) is 0 Å². The number of hydrogen-bond acceptors (Lipinski definition) is 0. The molecule has 0 rings (SSSR count). The highest BCUT2D eigenvalue weighted by molar-refractivity contribution is 3.53. The smallest absolute Gasteiger partial charge is 0.0683 e. The Balaban J connectivity index is -0.00000000610. The zero-order valence-corrected chi connectivity index (χ0v) is 32.0. The van der Waals surface area contributed by atoms with Gasteiger partial charge in [0.05, 0.1) is 0 Å². The Kier molecular flexibility index (Phi) is 0. The second kappa shape index (κ2) is 0. The van der Waals surface area contributed by atoms with E-state index in [0.717, 1.165) is 0 Å². The second-order valence-corrected chi connectivity index (χ2v) is 0. The van der Waals surface area contributed by atoms with E-state index in [2.05, 4.69) is 0 Å². The van der Waals surface area contributed by atoms with Crippen LogP contribution in [-0.4, -0.2) is 0 Å². The lowest BCUT2D eigenvalue weighted by atomic mass is 11.0. The second-order valence-electron chi connectivity index (χ2n) is 0. The van der Waals surface area contributed by atoms with Crippen molar-refractivity contribution in [2.45, 2.75) is 222 Å². The average molecular weight is 481 g/mol. The summed E-state index contributed by atoms with van der Waals surface area (Å²) in [6, 6.07) is 0. The summed E-state index contributed by atoms with van der Waals surface area (Å²) >= 11 is 0. The number of hydrogen-bond donors (Lipinski definition) is 0. The van der Waals surface area contributed by atoms with Gasteiger partial charge < -0.3 is 0 Å². The maximum absolute atomic E-state index is 2.00. The van der Waals surface area contributed by atoms with E-state index < -0.39 is 0 Å². The van der Waals surface area contributed by atoms with Crippen molar-refractivity contribution in [2.24, 2.45) is 0 Å². The van der Waals surface area contributed by atoms with Gasteiger partial charge in [0, 0.05) is 0 Å². The molecule has 224 valence electrons. The fourth-order valence-electron chi connectivity index (χ4n) is 0. The topological polar surface area (TPSA) is 0 Å². The van der Waals surface area contributed by atoms with Gasteiger partial charge in [0.1, 0.15) is 0 Å². The standard InChI is InChI=1S/16C2H6/c16*1-2/h16*1-2H3. The van der Waals surface area contributed by atoms with Crippen LogP contribution in [-0.2, 0) is 0 Å². The molecule has 0 aromatic heterocycles. The molecule has 0 heterocycles. The first kappa shape index (κ1) is 120. The minimum absolute atomic E-state index is 2.00. The first-order valence-electron chi connectivity index (χ1n) is 16.0. The average Bonchev–Trinajstić information content (AvgIpc) is 3.05. The summed E-state index contributed by atoms with van der Waals surface area (Å²) in [6.45, 7) is 64.0. The summed E-state index contributed by atoms with van der Waals surface area (Å²) in [7, 11) is 0. The summed E-state index contributed by atoms with van der Waals surface area (Å²) in [6.07, 6.45) is 0. The molecule has 0 aliphatic heterocycles. The molecule has 0 saturated heterocycles. The maximum atomic E-state index is 2.00. The Bertz CT molecular complexity index is 0. The molecular formula is C32H96. The third-order valence-corrected chi connectivity index (χ3v) is 0. The molecule has 0 fully saturated rings. The summed E-state index contributed by atoms with van der Waals surface area (Å²) in [5, 5.41) is 0. The molecule has 0 saturated carbocycles. The van der Waals surface area contributed by atoms with Crippen LogP contribution < -0.4 is 0 Å². The Morgan fingerprint density at radius 3 is 0.0625 bits per heavy atom. The van der Waals surface area contributed by atoms with Gasteiger partial charge in [-0.1, -0.05) is 222 Å². The van der Waals surface area contributed by atoms with E-state index >= 15 is 0 Å². The Labute approximate surface area is 221 Å². The Morgan fingerprint density at radius 2 is 0.0625 bits per heavy atom. The highest BCUT2D eigenvalue weighted by Crippen LogP contribution is 1.17. The van der Waals surface area contributed by atoms with Gasteiger partial charge >= 0.3 is 0 Å². The van der Waals surface area contributed by atoms with Gasteiger partial charge in [0.25, 0.3) is 0 Å². The Morgan fingerprint density at radius 1 is 0.0625 bits per heavy atom. The van der Waals surface area contributed by atoms with Crippen LogP contribution in [0.15, 0.2) is 0 Å². The molecule has 32 heavy (non-hydrogen) atoms. The van der Waals surface area contributed by atoms with E-state index in [0.29, 0.717) is 0 Å². The maximum Gasteiger partial charge on any atom is -0.0683 e. The van der Waals surface area contributed by atoms with Crippen LogP contribution in [0.5, 0.6) is 0 Å². The molecule has 0 unspecified atom stereocenters. The van der Waals surface area contributed by atoms with Crippen LogP contribution >= 0.6 is 0 Å². The lowest BCUT2D eigenvalue weighted by Crippen LogP contribution is -0.856. The molecule has 0 aliphatic carbocycles. The van der Waals surface area contributed by atoms with Crippen molar-refractivity contribution < 1.29 is 0 Å². The monoisotopic (exact) mass is 481 g/mol. The zero-order chi connectivity index (χ0) is 32.0. The summed E-state index contributed by atoms with van der Waals surface area (Å²) in [4.78, 5) is 0. The molecule has 0 nitrogen and oxygen atoms in total. The minimum atomic E-state index is 2.00. The highest BCUT2D eigenvalue weighted by Gasteiger charge is 0.962. The largest absolute Gasteiger partial charge is 0.0683 e. The van der Waals surface area contributed by atoms with E-state index in [1.54, 1.807) is 0 Å². The molecule has 0 aromatic carbocycles. The first-order chi connectivity index (χ1) is 16.0. The molecule has 0 aliphatic rings. The van der Waals surface area contributed by atoms with Crippen molar-refractivity contribution in [1.82, 2.24) is 0 Å². The quantitative estimate of drug-likeness (QED) is 0.323. The minimum Gasteiger partial charge on any atom is -0.0683 e. The van der Waals surface area contributed by atoms with Gasteiger partial charge in [-0.15, -0.1) is 0 Å². The van der Waals surface area contributed by atoms with Gasteiger partial charge in [-0.05, 0) is 0 Å². The van der Waals surface area contributed by atoms with Crippen LogP contribution in [0.3, 0.4) is 0 Å². The zero-order valence-electron chi connectivity index (χ0n) is 32.0. The lowest BCUT2D eigenvalue weighted by Gasteiger charge is -1.07. The van der Waals surface area contributed by atoms with E-state index in [4.69, 9.17) is 0 Å². The normalized spacial score (nSPS) is 3.00. The number of rotatable bonds is 0. The summed E-state index contributed by atoms with van der Waals surface area (Å²) < 4.78 is 0. The van der Waals surface area contributed by atoms with Crippen molar-refractivity contribution in [3.8, 4) is 0 Å². The predicted octanol–water partition coefficient (Wildman–Crippen LogP) is 16.4. The molecule has 0 heteroatoms. The van der Waals surface area contributed by atoms with E-state index in [1.807, 2.05) is 222 Å². The third kappa shape index (κ3) is 0. The van der Waals surface area contributed by atoms with E-state index in [9.17, 15) is 0 Å². The van der Waals surface area contributed by atoms with Gasteiger partial charge in [-0.2, -0.15) is 0 Å². The Hall–Kier alpha value is 0. The highest BCUT2D eigenvalue weighted by atomic mass is 13.0. The summed E-state index contributed by atoms with van der Waals surface area (Å²) in [5.41, 5.74) is 0. The van der Waals surface area contributed by atoms with Crippen LogP contribution in [0.4, 0.5) is 0 Å². The SMILES string of the molecule is CC.CC.CC.CC.CC.CC.CC.CC.CC.CC.CC.CC.CC.CC.CC.CC.